The third-order valence-electron chi connectivity index (χ3n) is 3.42. The number of thiophene rings is 1. The molecule has 108 valence electrons. The maximum Gasteiger partial charge on any atom is 0.264 e. The summed E-state index contributed by atoms with van der Waals surface area (Å²) < 4.78 is 0. The van der Waals surface area contributed by atoms with Crippen LogP contribution >= 0.6 is 11.3 Å². The van der Waals surface area contributed by atoms with E-state index in [1.807, 2.05) is 35.6 Å². The maximum atomic E-state index is 11.1. The fraction of sp³-hybridized carbons (Fsp3) is 0.188. The van der Waals surface area contributed by atoms with Gasteiger partial charge in [0, 0.05) is 28.1 Å². The normalized spacial score (nSPS) is 10.8. The minimum atomic E-state index is -0.115. The molecule has 0 bridgehead atoms. The summed E-state index contributed by atoms with van der Waals surface area (Å²) in [4.78, 5) is 13.8. The number of aryl methyl sites for hydroxylation is 2. The maximum absolute atomic E-state index is 11.1. The van der Waals surface area contributed by atoms with Gasteiger partial charge in [-0.25, -0.2) is 0 Å². The third kappa shape index (κ3) is 3.08. The van der Waals surface area contributed by atoms with Gasteiger partial charge in [-0.15, -0.1) is 11.3 Å². The number of rotatable bonds is 4. The second-order valence-electron chi connectivity index (χ2n) is 5.04. The van der Waals surface area contributed by atoms with E-state index in [4.69, 9.17) is 0 Å². The van der Waals surface area contributed by atoms with Crippen molar-refractivity contribution in [3.05, 3.63) is 62.1 Å². The lowest BCUT2D eigenvalue weighted by Gasteiger charge is -2.07. The Morgan fingerprint density at radius 2 is 1.86 bits per heavy atom. The predicted molar refractivity (Wildman–Crippen MR) is 88.0 cm³/mol. The molecule has 0 radical (unpaired) electrons. The Kier molecular flexibility index (Phi) is 3.66. The zero-order valence-corrected chi connectivity index (χ0v) is 12.8. The minimum Gasteiger partial charge on any atom is -0.381 e. The Hall–Kier alpha value is -2.27. The summed E-state index contributed by atoms with van der Waals surface area (Å²) in [5, 5.41) is 8.82. The fourth-order valence-electron chi connectivity index (χ4n) is 2.31. The van der Waals surface area contributed by atoms with Crippen molar-refractivity contribution >= 4 is 17.0 Å². The minimum absolute atomic E-state index is 0.115. The van der Waals surface area contributed by atoms with Crippen molar-refractivity contribution in [3.63, 3.8) is 0 Å². The van der Waals surface area contributed by atoms with Gasteiger partial charge in [0.25, 0.3) is 5.56 Å². The van der Waals surface area contributed by atoms with E-state index >= 15 is 0 Å². The molecule has 1 aromatic carbocycles. The molecule has 0 unspecified atom stereocenters. The van der Waals surface area contributed by atoms with Crippen LogP contribution in [0, 0.1) is 13.8 Å². The van der Waals surface area contributed by atoms with Crippen molar-refractivity contribution in [2.24, 2.45) is 0 Å². The molecule has 0 spiro atoms. The Morgan fingerprint density at radius 3 is 2.43 bits per heavy atom. The quantitative estimate of drug-likeness (QED) is 0.688. The number of anilines is 1. The van der Waals surface area contributed by atoms with Gasteiger partial charge in [0.1, 0.15) is 0 Å². The molecule has 2 heterocycles. The van der Waals surface area contributed by atoms with Crippen molar-refractivity contribution in [2.75, 3.05) is 5.32 Å². The number of H-pyrrole nitrogens is 2. The van der Waals surface area contributed by atoms with E-state index in [0.717, 1.165) is 23.5 Å². The fourth-order valence-corrected chi connectivity index (χ4v) is 3.26. The summed E-state index contributed by atoms with van der Waals surface area (Å²) in [5.74, 6) is 0. The van der Waals surface area contributed by atoms with Crippen LogP contribution in [0.3, 0.4) is 0 Å². The molecule has 21 heavy (non-hydrogen) atoms. The molecule has 3 aromatic rings. The highest BCUT2D eigenvalue weighted by molar-refractivity contribution is 7.12. The monoisotopic (exact) mass is 299 g/mol. The molecule has 5 heteroatoms. The summed E-state index contributed by atoms with van der Waals surface area (Å²) in [5.41, 5.74) is 4.09. The lowest BCUT2D eigenvalue weighted by Crippen LogP contribution is -1.99. The predicted octanol–water partition coefficient (Wildman–Crippen LogP) is 3.66. The van der Waals surface area contributed by atoms with Gasteiger partial charge in [0.15, 0.2) is 0 Å². The van der Waals surface area contributed by atoms with Crippen LogP contribution in [0.2, 0.25) is 0 Å². The number of aromatic amines is 2. The summed E-state index contributed by atoms with van der Waals surface area (Å²) in [6.07, 6.45) is 0. The second-order valence-corrected chi connectivity index (χ2v) is 6.50. The average Bonchev–Trinajstić information content (AvgIpc) is 3.03. The number of nitrogens with one attached hydrogen (secondary N) is 3. The molecule has 3 rings (SSSR count). The highest BCUT2D eigenvalue weighted by Gasteiger charge is 2.03. The third-order valence-corrected chi connectivity index (χ3v) is 4.43. The van der Waals surface area contributed by atoms with Gasteiger partial charge in [-0.2, -0.15) is 0 Å². The Bertz CT molecular complexity index is 796. The standard InChI is InChI=1S/C16H17N3OS/c1-10-7-13(11(2)21-10)9-17-14-5-3-12(4-6-14)15-8-16(20)19-18-15/h3-8,17H,9H2,1-2H3,(H2,18,19,20). The van der Waals surface area contributed by atoms with Crippen LogP contribution in [0.25, 0.3) is 11.3 Å². The number of hydrogen-bond acceptors (Lipinski definition) is 3. The highest BCUT2D eigenvalue weighted by atomic mass is 32.1. The first-order chi connectivity index (χ1) is 10.1. The van der Waals surface area contributed by atoms with Crippen LogP contribution in [-0.2, 0) is 6.54 Å². The molecule has 4 nitrogen and oxygen atoms in total. The van der Waals surface area contributed by atoms with Crippen LogP contribution in [-0.4, -0.2) is 10.2 Å². The van der Waals surface area contributed by atoms with Crippen molar-refractivity contribution in [1.29, 1.82) is 0 Å². The molecule has 0 aliphatic heterocycles. The molecular formula is C16H17N3OS. The zero-order valence-electron chi connectivity index (χ0n) is 12.0. The van der Waals surface area contributed by atoms with Crippen LogP contribution in [0.15, 0.2) is 41.2 Å². The largest absolute Gasteiger partial charge is 0.381 e. The number of benzene rings is 1. The molecule has 0 atom stereocenters. The van der Waals surface area contributed by atoms with Crippen molar-refractivity contribution < 1.29 is 0 Å². The van der Waals surface area contributed by atoms with E-state index in [9.17, 15) is 4.79 Å². The summed E-state index contributed by atoms with van der Waals surface area (Å²) in [6.45, 7) is 5.12. The molecule has 0 saturated heterocycles. The smallest absolute Gasteiger partial charge is 0.264 e. The molecular weight excluding hydrogens is 282 g/mol. The highest BCUT2D eigenvalue weighted by Crippen LogP contribution is 2.22. The molecule has 0 amide bonds. The lowest BCUT2D eigenvalue weighted by molar-refractivity contribution is 1.06. The van der Waals surface area contributed by atoms with E-state index in [1.165, 1.54) is 15.3 Å². The van der Waals surface area contributed by atoms with Crippen molar-refractivity contribution in [3.8, 4) is 11.3 Å². The topological polar surface area (TPSA) is 60.7 Å². The molecule has 0 fully saturated rings. The van der Waals surface area contributed by atoms with Crippen molar-refractivity contribution in [2.45, 2.75) is 20.4 Å². The number of hydrogen-bond donors (Lipinski definition) is 3. The van der Waals surface area contributed by atoms with Crippen LogP contribution in [0.5, 0.6) is 0 Å². The zero-order chi connectivity index (χ0) is 14.8. The van der Waals surface area contributed by atoms with E-state index < -0.39 is 0 Å². The van der Waals surface area contributed by atoms with Gasteiger partial charge in [0.05, 0.1) is 5.69 Å². The van der Waals surface area contributed by atoms with E-state index in [0.29, 0.717) is 0 Å². The SMILES string of the molecule is Cc1cc(CNc2ccc(-c3cc(=O)[nH][nH]3)cc2)c(C)s1. The van der Waals surface area contributed by atoms with Crippen molar-refractivity contribution in [1.82, 2.24) is 10.2 Å². The molecule has 2 aromatic heterocycles. The van der Waals surface area contributed by atoms with Gasteiger partial charge in [-0.1, -0.05) is 12.1 Å². The van der Waals surface area contributed by atoms with E-state index in [1.54, 1.807) is 6.07 Å². The molecule has 0 aliphatic carbocycles. The van der Waals surface area contributed by atoms with Crippen LogP contribution in [0.1, 0.15) is 15.3 Å². The first-order valence-corrected chi connectivity index (χ1v) is 7.61. The van der Waals surface area contributed by atoms with Gasteiger partial charge < -0.3 is 5.32 Å². The van der Waals surface area contributed by atoms with Gasteiger partial charge in [0.2, 0.25) is 0 Å². The Morgan fingerprint density at radius 1 is 1.10 bits per heavy atom. The second kappa shape index (κ2) is 5.61. The van der Waals surface area contributed by atoms with Crippen LogP contribution in [0.4, 0.5) is 5.69 Å². The molecule has 3 N–H and O–H groups in total. The summed E-state index contributed by atoms with van der Waals surface area (Å²) >= 11 is 1.83. The summed E-state index contributed by atoms with van der Waals surface area (Å²) in [7, 11) is 0. The Balaban J connectivity index is 1.70. The first-order valence-electron chi connectivity index (χ1n) is 6.80. The Labute approximate surface area is 126 Å². The van der Waals surface area contributed by atoms with Gasteiger partial charge in [-0.05, 0) is 43.2 Å². The van der Waals surface area contributed by atoms with E-state index in [2.05, 4.69) is 35.4 Å². The van der Waals surface area contributed by atoms with Crippen LogP contribution < -0.4 is 10.9 Å². The average molecular weight is 299 g/mol. The molecule has 0 saturated carbocycles. The van der Waals surface area contributed by atoms with Gasteiger partial charge >= 0.3 is 0 Å². The lowest BCUT2D eigenvalue weighted by atomic mass is 10.1. The summed E-state index contributed by atoms with van der Waals surface area (Å²) in [6, 6.07) is 11.8. The van der Waals surface area contributed by atoms with Gasteiger partial charge in [-0.3, -0.25) is 15.0 Å². The number of aromatic nitrogens is 2. The van der Waals surface area contributed by atoms with E-state index in [-0.39, 0.29) is 5.56 Å². The molecule has 0 aliphatic rings. The first kappa shape index (κ1) is 13.7.